The standard InChI is InChI=1S/C16H20N2O3S/c19-15(20)11-21-10-9-18-7-5-12(6-8-18)16-17-13-3-1-2-4-14(13)22-16/h1-4,12H,5-11H2,(H,19,20). The SMILES string of the molecule is O=C(O)COCCN1CCC(c2nc3ccccc3s2)CC1. The van der Waals surface area contributed by atoms with Gasteiger partial charge in [0.05, 0.1) is 21.8 Å². The predicted molar refractivity (Wildman–Crippen MR) is 86.5 cm³/mol. The highest BCUT2D eigenvalue weighted by Crippen LogP contribution is 2.33. The molecule has 3 rings (SSSR count). The number of carboxylic acid groups (broad SMARTS) is 1. The molecule has 5 nitrogen and oxygen atoms in total. The molecule has 0 aliphatic carbocycles. The number of thiazole rings is 1. The van der Waals surface area contributed by atoms with E-state index >= 15 is 0 Å². The molecule has 1 aromatic carbocycles. The lowest BCUT2D eigenvalue weighted by atomic mass is 9.97. The van der Waals surface area contributed by atoms with Gasteiger partial charge in [0.25, 0.3) is 0 Å². The number of carboxylic acids is 1. The van der Waals surface area contributed by atoms with Crippen molar-refractivity contribution >= 4 is 27.5 Å². The normalized spacial score (nSPS) is 17.1. The van der Waals surface area contributed by atoms with Crippen molar-refractivity contribution < 1.29 is 14.6 Å². The van der Waals surface area contributed by atoms with Crippen molar-refractivity contribution in [2.24, 2.45) is 0 Å². The van der Waals surface area contributed by atoms with E-state index in [0.29, 0.717) is 12.5 Å². The summed E-state index contributed by atoms with van der Waals surface area (Å²) < 4.78 is 6.36. The van der Waals surface area contributed by atoms with Crippen molar-refractivity contribution in [2.45, 2.75) is 18.8 Å². The number of aliphatic carboxylic acids is 1. The van der Waals surface area contributed by atoms with Crippen molar-refractivity contribution in [3.05, 3.63) is 29.3 Å². The fourth-order valence-corrected chi connectivity index (χ4v) is 3.96. The first-order valence-electron chi connectivity index (χ1n) is 7.60. The van der Waals surface area contributed by atoms with Crippen LogP contribution in [-0.4, -0.2) is 53.8 Å². The molecule has 1 N–H and O–H groups in total. The zero-order valence-electron chi connectivity index (χ0n) is 12.4. The third-order valence-electron chi connectivity index (χ3n) is 4.02. The summed E-state index contributed by atoms with van der Waals surface area (Å²) in [5.41, 5.74) is 1.10. The summed E-state index contributed by atoms with van der Waals surface area (Å²) in [5, 5.41) is 9.78. The van der Waals surface area contributed by atoms with E-state index in [4.69, 9.17) is 14.8 Å². The monoisotopic (exact) mass is 320 g/mol. The lowest BCUT2D eigenvalue weighted by molar-refractivity contribution is -0.142. The summed E-state index contributed by atoms with van der Waals surface area (Å²) in [5.74, 6) is -0.358. The van der Waals surface area contributed by atoms with Gasteiger partial charge in [-0.2, -0.15) is 0 Å². The van der Waals surface area contributed by atoms with E-state index in [1.165, 1.54) is 9.71 Å². The highest BCUT2D eigenvalue weighted by atomic mass is 32.1. The quantitative estimate of drug-likeness (QED) is 0.829. The molecule has 0 atom stereocenters. The Bertz CT molecular complexity index is 602. The van der Waals surface area contributed by atoms with Crippen LogP contribution in [0.3, 0.4) is 0 Å². The second kappa shape index (κ2) is 7.17. The number of fused-ring (bicyclic) bond motifs is 1. The Kier molecular flexibility index (Phi) is 5.02. The van der Waals surface area contributed by atoms with Crippen molar-refractivity contribution in [3.8, 4) is 0 Å². The van der Waals surface area contributed by atoms with E-state index in [-0.39, 0.29) is 6.61 Å². The van der Waals surface area contributed by atoms with Gasteiger partial charge in [0.1, 0.15) is 6.61 Å². The van der Waals surface area contributed by atoms with Crippen LogP contribution in [0.2, 0.25) is 0 Å². The maximum atomic E-state index is 10.4. The molecule has 2 heterocycles. The number of likely N-dealkylation sites (tertiary alicyclic amines) is 1. The van der Waals surface area contributed by atoms with Gasteiger partial charge in [0, 0.05) is 12.5 Å². The number of para-hydroxylation sites is 1. The molecular formula is C16H20N2O3S. The minimum atomic E-state index is -0.908. The van der Waals surface area contributed by atoms with Gasteiger partial charge >= 0.3 is 5.97 Å². The Balaban J connectivity index is 1.48. The molecule has 118 valence electrons. The van der Waals surface area contributed by atoms with E-state index in [1.807, 2.05) is 17.4 Å². The second-order valence-electron chi connectivity index (χ2n) is 5.58. The first kappa shape index (κ1) is 15.4. The highest BCUT2D eigenvalue weighted by Gasteiger charge is 2.23. The van der Waals surface area contributed by atoms with Crippen LogP contribution in [-0.2, 0) is 9.53 Å². The van der Waals surface area contributed by atoms with Crippen molar-refractivity contribution in [1.29, 1.82) is 0 Å². The number of hydrogen-bond donors (Lipinski definition) is 1. The minimum absolute atomic E-state index is 0.206. The second-order valence-corrected chi connectivity index (χ2v) is 6.64. The van der Waals surface area contributed by atoms with Crippen LogP contribution in [0.25, 0.3) is 10.2 Å². The zero-order valence-corrected chi connectivity index (χ0v) is 13.2. The number of hydrogen-bond acceptors (Lipinski definition) is 5. The minimum Gasteiger partial charge on any atom is -0.480 e. The number of carbonyl (C=O) groups is 1. The number of piperidine rings is 1. The molecule has 0 unspecified atom stereocenters. The third-order valence-corrected chi connectivity index (χ3v) is 5.22. The first-order chi connectivity index (χ1) is 10.7. The van der Waals surface area contributed by atoms with Gasteiger partial charge in [-0.1, -0.05) is 12.1 Å². The predicted octanol–water partition coefficient (Wildman–Crippen LogP) is 2.58. The summed E-state index contributed by atoms with van der Waals surface area (Å²) in [6.45, 7) is 3.13. The molecule has 2 aromatic rings. The van der Waals surface area contributed by atoms with E-state index in [2.05, 4.69) is 23.1 Å². The molecule has 1 aromatic heterocycles. The topological polar surface area (TPSA) is 62.7 Å². The molecule has 6 heteroatoms. The average molecular weight is 320 g/mol. The van der Waals surface area contributed by atoms with Crippen LogP contribution in [0.5, 0.6) is 0 Å². The molecule has 0 amide bonds. The van der Waals surface area contributed by atoms with Gasteiger partial charge in [0.2, 0.25) is 0 Å². The van der Waals surface area contributed by atoms with Gasteiger partial charge in [-0.3, -0.25) is 0 Å². The molecule has 1 saturated heterocycles. The van der Waals surface area contributed by atoms with E-state index < -0.39 is 5.97 Å². The number of ether oxygens (including phenoxy) is 1. The summed E-state index contributed by atoms with van der Waals surface area (Å²) in [6.07, 6.45) is 2.22. The Morgan fingerprint density at radius 1 is 1.36 bits per heavy atom. The third kappa shape index (κ3) is 3.82. The van der Waals surface area contributed by atoms with Crippen LogP contribution in [0.1, 0.15) is 23.8 Å². The molecule has 0 saturated carbocycles. The molecular weight excluding hydrogens is 300 g/mol. The lowest BCUT2D eigenvalue weighted by Crippen LogP contribution is -2.35. The summed E-state index contributed by atoms with van der Waals surface area (Å²) in [6, 6.07) is 8.30. The van der Waals surface area contributed by atoms with E-state index in [9.17, 15) is 4.79 Å². The molecule has 1 aliphatic heterocycles. The Hall–Kier alpha value is -1.50. The van der Waals surface area contributed by atoms with Crippen LogP contribution >= 0.6 is 11.3 Å². The van der Waals surface area contributed by atoms with Gasteiger partial charge < -0.3 is 14.7 Å². The molecule has 0 bridgehead atoms. The number of rotatable bonds is 6. The van der Waals surface area contributed by atoms with Gasteiger partial charge in [-0.15, -0.1) is 11.3 Å². The van der Waals surface area contributed by atoms with Crippen LogP contribution in [0, 0.1) is 0 Å². The summed E-state index contributed by atoms with van der Waals surface area (Å²) >= 11 is 1.81. The number of nitrogens with zero attached hydrogens (tertiary/aromatic N) is 2. The fourth-order valence-electron chi connectivity index (χ4n) is 2.82. The number of aromatic nitrogens is 1. The van der Waals surface area contributed by atoms with Crippen molar-refractivity contribution in [1.82, 2.24) is 9.88 Å². The molecule has 0 spiro atoms. The Morgan fingerprint density at radius 2 is 2.14 bits per heavy atom. The number of benzene rings is 1. The van der Waals surface area contributed by atoms with Gasteiger partial charge in [-0.05, 0) is 38.1 Å². The van der Waals surface area contributed by atoms with Crippen LogP contribution in [0.4, 0.5) is 0 Å². The smallest absolute Gasteiger partial charge is 0.329 e. The van der Waals surface area contributed by atoms with Crippen LogP contribution in [0.15, 0.2) is 24.3 Å². The lowest BCUT2D eigenvalue weighted by Gasteiger charge is -2.30. The largest absolute Gasteiger partial charge is 0.480 e. The van der Waals surface area contributed by atoms with E-state index in [0.717, 1.165) is 38.0 Å². The van der Waals surface area contributed by atoms with E-state index in [1.54, 1.807) is 0 Å². The maximum Gasteiger partial charge on any atom is 0.329 e. The fraction of sp³-hybridized carbons (Fsp3) is 0.500. The Morgan fingerprint density at radius 3 is 2.86 bits per heavy atom. The molecule has 0 radical (unpaired) electrons. The Labute approximate surface area is 133 Å². The molecule has 1 fully saturated rings. The molecule has 22 heavy (non-hydrogen) atoms. The first-order valence-corrected chi connectivity index (χ1v) is 8.41. The van der Waals surface area contributed by atoms with Crippen molar-refractivity contribution in [3.63, 3.8) is 0 Å². The summed E-state index contributed by atoms with van der Waals surface area (Å²) in [7, 11) is 0. The van der Waals surface area contributed by atoms with Gasteiger partial charge in [-0.25, -0.2) is 9.78 Å². The highest BCUT2D eigenvalue weighted by molar-refractivity contribution is 7.18. The molecule has 1 aliphatic rings. The maximum absolute atomic E-state index is 10.4. The van der Waals surface area contributed by atoms with Crippen molar-refractivity contribution in [2.75, 3.05) is 32.8 Å². The average Bonchev–Trinajstić information content (AvgIpc) is 2.96. The zero-order chi connectivity index (χ0) is 15.4. The van der Waals surface area contributed by atoms with Gasteiger partial charge in [0.15, 0.2) is 0 Å². The summed E-state index contributed by atoms with van der Waals surface area (Å²) in [4.78, 5) is 17.5. The van der Waals surface area contributed by atoms with Crippen LogP contribution < -0.4 is 0 Å².